The Morgan fingerprint density at radius 2 is 1.84 bits per heavy atom. The normalized spacial score (nSPS) is 15.1. The van der Waals surface area contributed by atoms with Crippen molar-refractivity contribution in [3.8, 4) is 11.1 Å². The summed E-state index contributed by atoms with van der Waals surface area (Å²) < 4.78 is 5.46. The number of amides is 2. The molecule has 1 aliphatic rings. The molecule has 1 saturated heterocycles. The minimum atomic E-state index is -0.522. The maximum atomic E-state index is 13.3. The Hall–Kier alpha value is -3.32. The first-order valence-electron chi connectivity index (χ1n) is 12.5. The lowest BCUT2D eigenvalue weighted by atomic mass is 9.93. The van der Waals surface area contributed by atoms with Gasteiger partial charge in [-0.1, -0.05) is 41.9 Å². The van der Waals surface area contributed by atoms with Gasteiger partial charge < -0.3 is 20.7 Å². The Kier molecular flexibility index (Phi) is 9.02. The van der Waals surface area contributed by atoms with Crippen LogP contribution in [-0.4, -0.2) is 48.9 Å². The lowest BCUT2D eigenvalue weighted by Gasteiger charge is -2.33. The molecule has 0 aliphatic carbocycles. The van der Waals surface area contributed by atoms with Crippen LogP contribution in [0.4, 0.5) is 4.79 Å². The summed E-state index contributed by atoms with van der Waals surface area (Å²) in [5.41, 5.74) is 10.5. The molecule has 0 radical (unpaired) electrons. The molecule has 0 bridgehead atoms. The lowest BCUT2D eigenvalue weighted by molar-refractivity contribution is -0.115. The highest BCUT2D eigenvalue weighted by molar-refractivity contribution is 6.33. The fraction of sp³-hybridized carbons (Fsp3) is 0.414. The van der Waals surface area contributed by atoms with Crippen LogP contribution in [-0.2, 0) is 9.53 Å². The molecular formula is C29H37ClN4O3. The molecule has 0 aromatic heterocycles. The summed E-state index contributed by atoms with van der Waals surface area (Å²) in [6.45, 7) is 14.7. The van der Waals surface area contributed by atoms with E-state index in [1.165, 1.54) is 0 Å². The number of benzene rings is 2. The van der Waals surface area contributed by atoms with Crippen LogP contribution in [0.2, 0.25) is 5.02 Å². The molecular weight excluding hydrogens is 488 g/mol. The van der Waals surface area contributed by atoms with E-state index in [2.05, 4.69) is 17.0 Å². The average molecular weight is 525 g/mol. The number of nitrogens with one attached hydrogen (secondary N) is 1. The molecule has 0 saturated carbocycles. The summed E-state index contributed by atoms with van der Waals surface area (Å²) >= 11 is 6.47. The maximum absolute atomic E-state index is 13.3. The first-order valence-corrected chi connectivity index (χ1v) is 12.9. The van der Waals surface area contributed by atoms with E-state index in [0.717, 1.165) is 35.1 Å². The molecule has 0 spiro atoms. The van der Waals surface area contributed by atoms with E-state index in [1.54, 1.807) is 4.90 Å². The zero-order valence-corrected chi connectivity index (χ0v) is 23.1. The summed E-state index contributed by atoms with van der Waals surface area (Å²) in [4.78, 5) is 31.2. The van der Waals surface area contributed by atoms with Gasteiger partial charge in [-0.05, 0) is 88.4 Å². The Morgan fingerprint density at radius 3 is 2.41 bits per heavy atom. The van der Waals surface area contributed by atoms with E-state index in [1.807, 2.05) is 71.0 Å². The van der Waals surface area contributed by atoms with Crippen LogP contribution in [0.25, 0.3) is 16.7 Å². The number of carbonyl (C=O) groups is 2. The third kappa shape index (κ3) is 7.13. The standard InChI is InChI=1S/C29H37ClN4O3/c1-18-8-7-9-23(30)24(18)21-10-11-22(19(2)16-21)25(26(31)32-6)27(35)33-17-20-12-14-34(15-13-20)28(36)37-29(3,4)5/h7-11,16,20H,6,12-15,17,31H2,1-5H3,(H,33,35)/b26-25+. The third-order valence-corrected chi connectivity index (χ3v) is 6.79. The predicted molar refractivity (Wildman–Crippen MR) is 151 cm³/mol. The quantitative estimate of drug-likeness (QED) is 0.373. The van der Waals surface area contributed by atoms with Crippen LogP contribution in [0, 0.1) is 19.8 Å². The van der Waals surface area contributed by atoms with Gasteiger partial charge in [0.25, 0.3) is 5.91 Å². The van der Waals surface area contributed by atoms with Crippen molar-refractivity contribution in [1.29, 1.82) is 0 Å². The van der Waals surface area contributed by atoms with Gasteiger partial charge in [-0.25, -0.2) is 9.79 Å². The Bertz CT molecular complexity index is 1190. The van der Waals surface area contributed by atoms with E-state index in [-0.39, 0.29) is 23.7 Å². The van der Waals surface area contributed by atoms with Crippen molar-refractivity contribution < 1.29 is 14.3 Å². The molecule has 3 rings (SSSR count). The Balaban J connectivity index is 1.70. The monoisotopic (exact) mass is 524 g/mol. The molecule has 1 fully saturated rings. The van der Waals surface area contributed by atoms with Crippen LogP contribution >= 0.6 is 11.6 Å². The number of aryl methyl sites for hydroxylation is 2. The van der Waals surface area contributed by atoms with Gasteiger partial charge in [0, 0.05) is 30.2 Å². The fourth-order valence-electron chi connectivity index (χ4n) is 4.52. The molecule has 8 heteroatoms. The van der Waals surface area contributed by atoms with Gasteiger partial charge in [0.05, 0.1) is 5.57 Å². The highest BCUT2D eigenvalue weighted by Gasteiger charge is 2.27. The number of carbonyl (C=O) groups excluding carboxylic acids is 2. The number of likely N-dealkylation sites (tertiary alicyclic amines) is 1. The van der Waals surface area contributed by atoms with Crippen molar-refractivity contribution in [2.45, 2.75) is 53.1 Å². The van der Waals surface area contributed by atoms with Gasteiger partial charge in [-0.3, -0.25) is 4.79 Å². The molecule has 7 nitrogen and oxygen atoms in total. The number of nitrogens with zero attached hydrogens (tertiary/aromatic N) is 2. The van der Waals surface area contributed by atoms with Gasteiger partial charge in [0.15, 0.2) is 0 Å². The van der Waals surface area contributed by atoms with Crippen molar-refractivity contribution in [1.82, 2.24) is 10.2 Å². The maximum Gasteiger partial charge on any atom is 0.410 e. The molecule has 37 heavy (non-hydrogen) atoms. The first kappa shape index (κ1) is 28.3. The minimum absolute atomic E-state index is 0.0713. The second-order valence-corrected chi connectivity index (χ2v) is 10.9. The summed E-state index contributed by atoms with van der Waals surface area (Å²) in [6.07, 6.45) is 1.26. The summed E-state index contributed by atoms with van der Waals surface area (Å²) in [7, 11) is 0. The number of piperidine rings is 1. The highest BCUT2D eigenvalue weighted by Crippen LogP contribution is 2.34. The highest BCUT2D eigenvalue weighted by atomic mass is 35.5. The van der Waals surface area contributed by atoms with Crippen LogP contribution in [0.5, 0.6) is 0 Å². The lowest BCUT2D eigenvalue weighted by Crippen LogP contribution is -2.43. The van der Waals surface area contributed by atoms with Crippen molar-refractivity contribution in [3.63, 3.8) is 0 Å². The van der Waals surface area contributed by atoms with Gasteiger partial charge in [0.1, 0.15) is 11.4 Å². The summed E-state index contributed by atoms with van der Waals surface area (Å²) in [6, 6.07) is 11.6. The SMILES string of the molecule is C=N/C(N)=C(/C(=O)NCC1CCN(C(=O)OC(C)(C)C)CC1)c1ccc(-c2c(C)cccc2Cl)cc1C. The van der Waals surface area contributed by atoms with Crippen molar-refractivity contribution in [2.75, 3.05) is 19.6 Å². The Morgan fingerprint density at radius 1 is 1.16 bits per heavy atom. The van der Waals surface area contributed by atoms with Crippen LogP contribution in [0.3, 0.4) is 0 Å². The van der Waals surface area contributed by atoms with Crippen molar-refractivity contribution in [3.05, 3.63) is 63.9 Å². The fourth-order valence-corrected chi connectivity index (χ4v) is 4.86. The van der Waals surface area contributed by atoms with E-state index < -0.39 is 5.60 Å². The number of aliphatic imine (C=N–C) groups is 1. The van der Waals surface area contributed by atoms with E-state index in [4.69, 9.17) is 22.1 Å². The number of hydrogen-bond donors (Lipinski definition) is 2. The molecule has 2 amide bonds. The van der Waals surface area contributed by atoms with Gasteiger partial charge >= 0.3 is 6.09 Å². The van der Waals surface area contributed by atoms with E-state index in [0.29, 0.717) is 35.8 Å². The largest absolute Gasteiger partial charge is 0.444 e. The van der Waals surface area contributed by atoms with Crippen LogP contribution in [0.1, 0.15) is 50.3 Å². The zero-order valence-electron chi connectivity index (χ0n) is 22.4. The molecule has 3 N–H and O–H groups in total. The van der Waals surface area contributed by atoms with E-state index >= 15 is 0 Å². The van der Waals surface area contributed by atoms with Crippen LogP contribution < -0.4 is 11.1 Å². The second kappa shape index (κ2) is 11.8. The number of rotatable bonds is 6. The molecule has 0 unspecified atom stereocenters. The van der Waals surface area contributed by atoms with Gasteiger partial charge in [-0.2, -0.15) is 0 Å². The predicted octanol–water partition coefficient (Wildman–Crippen LogP) is 5.72. The smallest absolute Gasteiger partial charge is 0.410 e. The van der Waals surface area contributed by atoms with Crippen molar-refractivity contribution >= 4 is 35.9 Å². The van der Waals surface area contributed by atoms with Crippen LogP contribution in [0.15, 0.2) is 47.2 Å². The Labute approximate surface area is 224 Å². The molecule has 2 aromatic carbocycles. The van der Waals surface area contributed by atoms with E-state index in [9.17, 15) is 9.59 Å². The number of ether oxygens (including phenoxy) is 1. The number of hydrogen-bond acceptors (Lipinski definition) is 5. The summed E-state index contributed by atoms with van der Waals surface area (Å²) in [5, 5.41) is 3.69. The molecule has 198 valence electrons. The zero-order chi connectivity index (χ0) is 27.3. The molecule has 2 aromatic rings. The second-order valence-electron chi connectivity index (χ2n) is 10.5. The topological polar surface area (TPSA) is 97.0 Å². The third-order valence-electron chi connectivity index (χ3n) is 6.48. The average Bonchev–Trinajstić information content (AvgIpc) is 2.83. The summed E-state index contributed by atoms with van der Waals surface area (Å²) in [5.74, 6) is 0.0136. The molecule has 0 atom stereocenters. The van der Waals surface area contributed by atoms with Crippen molar-refractivity contribution in [2.24, 2.45) is 16.6 Å². The number of nitrogens with two attached hydrogens (primary N) is 1. The van der Waals surface area contributed by atoms with Gasteiger partial charge in [0.2, 0.25) is 0 Å². The number of halogens is 1. The first-order chi connectivity index (χ1) is 17.4. The van der Waals surface area contributed by atoms with Gasteiger partial charge in [-0.15, -0.1) is 0 Å². The minimum Gasteiger partial charge on any atom is -0.444 e. The molecule has 1 heterocycles. The molecule has 1 aliphatic heterocycles.